The number of nitrogens with zero attached hydrogens (tertiary/aromatic N) is 2. The average Bonchev–Trinajstić information content (AvgIpc) is 2.87. The van der Waals surface area contributed by atoms with Crippen LogP contribution in [0.4, 0.5) is 0 Å². The first-order valence-corrected chi connectivity index (χ1v) is 11.5. The third-order valence-electron chi connectivity index (χ3n) is 6.36. The molecule has 1 aromatic carbocycles. The number of hydrogen-bond acceptors (Lipinski definition) is 4. The molecule has 1 N–H and O–H groups in total. The zero-order valence-electron chi connectivity index (χ0n) is 19.9. The molecule has 0 aromatic heterocycles. The van der Waals surface area contributed by atoms with Gasteiger partial charge in [0, 0.05) is 36.6 Å². The van der Waals surface area contributed by atoms with Crippen LogP contribution in [-0.2, 0) is 4.79 Å². The number of carbonyl (C=O) groups excluding carboxylic acids is 3. The van der Waals surface area contributed by atoms with Gasteiger partial charge in [-0.25, -0.2) is 0 Å². The van der Waals surface area contributed by atoms with Gasteiger partial charge in [-0.05, 0) is 66.0 Å². The minimum atomic E-state index is -0.294. The number of fused-ring (bicyclic) bond motifs is 1. The Kier molecular flexibility index (Phi) is 6.61. The fraction of sp³-hybridized carbons (Fsp3) is 0.640. The molecular formula is C25H37N3O3. The Bertz CT molecular complexity index is 859. The maximum absolute atomic E-state index is 13.3. The molecule has 3 amide bonds. The van der Waals surface area contributed by atoms with Gasteiger partial charge in [0.2, 0.25) is 5.91 Å². The molecule has 0 spiro atoms. The van der Waals surface area contributed by atoms with Crippen LogP contribution in [0.5, 0.6) is 0 Å². The molecule has 0 radical (unpaired) electrons. The van der Waals surface area contributed by atoms with Crippen LogP contribution in [-0.4, -0.2) is 57.7 Å². The number of aryl methyl sites for hydroxylation is 1. The lowest BCUT2D eigenvalue weighted by Crippen LogP contribution is -2.63. The predicted molar refractivity (Wildman–Crippen MR) is 122 cm³/mol. The quantitative estimate of drug-likeness (QED) is 0.670. The normalized spacial score (nSPS) is 20.1. The molecule has 2 aliphatic rings. The summed E-state index contributed by atoms with van der Waals surface area (Å²) in [5.41, 5.74) is 1.71. The molecule has 1 fully saturated rings. The summed E-state index contributed by atoms with van der Waals surface area (Å²) in [7, 11) is 0. The average molecular weight is 428 g/mol. The summed E-state index contributed by atoms with van der Waals surface area (Å²) in [5.74, 6) is -0.558. The van der Waals surface area contributed by atoms with Crippen molar-refractivity contribution in [2.75, 3.05) is 13.1 Å². The second-order valence-electron chi connectivity index (χ2n) is 10.5. The molecule has 0 saturated carbocycles. The van der Waals surface area contributed by atoms with E-state index in [1.54, 1.807) is 12.1 Å². The molecule has 0 atom stereocenters. The van der Waals surface area contributed by atoms with Crippen LogP contribution in [0.1, 0.15) is 93.0 Å². The molecular weight excluding hydrogens is 390 g/mol. The molecule has 0 aliphatic carbocycles. The van der Waals surface area contributed by atoms with Crippen molar-refractivity contribution in [3.05, 3.63) is 34.9 Å². The van der Waals surface area contributed by atoms with Gasteiger partial charge in [0.1, 0.15) is 0 Å². The summed E-state index contributed by atoms with van der Waals surface area (Å²) < 4.78 is 0. The lowest BCUT2D eigenvalue weighted by Gasteiger charge is -2.49. The van der Waals surface area contributed by atoms with Crippen molar-refractivity contribution >= 4 is 17.7 Å². The fourth-order valence-corrected chi connectivity index (χ4v) is 5.29. The molecule has 0 bridgehead atoms. The zero-order chi connectivity index (χ0) is 23.0. The minimum absolute atomic E-state index is 0.0275. The van der Waals surface area contributed by atoms with E-state index >= 15 is 0 Å². The molecule has 2 heterocycles. The number of amides is 3. The highest BCUT2D eigenvalue weighted by atomic mass is 16.2. The highest BCUT2D eigenvalue weighted by Crippen LogP contribution is 2.32. The van der Waals surface area contributed by atoms with Gasteiger partial charge < -0.3 is 10.2 Å². The Labute approximate surface area is 186 Å². The fourth-order valence-electron chi connectivity index (χ4n) is 5.29. The monoisotopic (exact) mass is 427 g/mol. The minimum Gasteiger partial charge on any atom is -0.340 e. The van der Waals surface area contributed by atoms with E-state index in [2.05, 4.69) is 39.9 Å². The maximum atomic E-state index is 13.3. The van der Waals surface area contributed by atoms with Crippen LogP contribution in [0.25, 0.3) is 0 Å². The molecule has 2 aliphatic heterocycles. The lowest BCUT2D eigenvalue weighted by atomic mass is 9.79. The van der Waals surface area contributed by atoms with E-state index in [1.165, 1.54) is 4.90 Å². The van der Waals surface area contributed by atoms with Crippen LogP contribution >= 0.6 is 0 Å². The number of hydrogen-bond donors (Lipinski definition) is 1. The summed E-state index contributed by atoms with van der Waals surface area (Å²) in [6, 6.07) is 5.45. The Morgan fingerprint density at radius 1 is 1.10 bits per heavy atom. The van der Waals surface area contributed by atoms with Gasteiger partial charge in [-0.1, -0.05) is 25.0 Å². The smallest absolute Gasteiger partial charge is 0.261 e. The highest BCUT2D eigenvalue weighted by molar-refractivity contribution is 6.21. The van der Waals surface area contributed by atoms with Crippen LogP contribution in [0.2, 0.25) is 0 Å². The second kappa shape index (κ2) is 8.73. The van der Waals surface area contributed by atoms with Gasteiger partial charge >= 0.3 is 0 Å². The number of unbranched alkanes of at least 4 members (excludes halogenated alkanes) is 1. The SMILES string of the molecule is CCCCN(C(=O)CCN1C(=O)c2ccc(C)cc2C1=O)C1CC(C)(C)NC(C)(C)C1. The Morgan fingerprint density at radius 3 is 2.32 bits per heavy atom. The van der Waals surface area contributed by atoms with Gasteiger partial charge in [-0.3, -0.25) is 19.3 Å². The van der Waals surface area contributed by atoms with Crippen molar-refractivity contribution in [3.63, 3.8) is 0 Å². The van der Waals surface area contributed by atoms with E-state index in [0.717, 1.165) is 31.2 Å². The molecule has 31 heavy (non-hydrogen) atoms. The van der Waals surface area contributed by atoms with E-state index in [1.807, 2.05) is 17.9 Å². The number of carbonyl (C=O) groups is 3. The predicted octanol–water partition coefficient (Wildman–Crippen LogP) is 3.92. The van der Waals surface area contributed by atoms with Gasteiger partial charge in [-0.15, -0.1) is 0 Å². The van der Waals surface area contributed by atoms with Crippen molar-refractivity contribution in [1.29, 1.82) is 0 Å². The van der Waals surface area contributed by atoms with Gasteiger partial charge in [0.15, 0.2) is 0 Å². The van der Waals surface area contributed by atoms with Crippen LogP contribution in [0.3, 0.4) is 0 Å². The molecule has 3 rings (SSSR count). The number of piperidine rings is 1. The van der Waals surface area contributed by atoms with Crippen molar-refractivity contribution in [3.8, 4) is 0 Å². The van der Waals surface area contributed by atoms with Crippen molar-refractivity contribution in [2.24, 2.45) is 0 Å². The van der Waals surface area contributed by atoms with Crippen LogP contribution in [0, 0.1) is 6.92 Å². The second-order valence-corrected chi connectivity index (χ2v) is 10.5. The zero-order valence-corrected chi connectivity index (χ0v) is 19.9. The van der Waals surface area contributed by atoms with E-state index in [4.69, 9.17) is 0 Å². The topological polar surface area (TPSA) is 69.7 Å². The molecule has 6 nitrogen and oxygen atoms in total. The van der Waals surface area contributed by atoms with E-state index in [-0.39, 0.29) is 47.8 Å². The third-order valence-corrected chi connectivity index (χ3v) is 6.36. The van der Waals surface area contributed by atoms with E-state index < -0.39 is 0 Å². The largest absolute Gasteiger partial charge is 0.340 e. The van der Waals surface area contributed by atoms with Crippen LogP contribution < -0.4 is 5.32 Å². The molecule has 6 heteroatoms. The van der Waals surface area contributed by atoms with Crippen molar-refractivity contribution < 1.29 is 14.4 Å². The first-order valence-electron chi connectivity index (χ1n) is 11.5. The number of benzene rings is 1. The molecule has 170 valence electrons. The van der Waals surface area contributed by atoms with Gasteiger partial charge in [0.05, 0.1) is 11.1 Å². The van der Waals surface area contributed by atoms with E-state index in [0.29, 0.717) is 17.7 Å². The van der Waals surface area contributed by atoms with E-state index in [9.17, 15) is 14.4 Å². The first-order chi connectivity index (χ1) is 14.4. The van der Waals surface area contributed by atoms with Crippen molar-refractivity contribution in [1.82, 2.24) is 15.1 Å². The number of nitrogens with one attached hydrogen (secondary N) is 1. The summed E-state index contributed by atoms with van der Waals surface area (Å²) in [6.45, 7) is 13.6. The Hall–Kier alpha value is -2.21. The summed E-state index contributed by atoms with van der Waals surface area (Å²) in [6.07, 6.45) is 3.90. The molecule has 1 saturated heterocycles. The highest BCUT2D eigenvalue weighted by Gasteiger charge is 2.41. The number of rotatable bonds is 7. The summed E-state index contributed by atoms with van der Waals surface area (Å²) in [5, 5.41) is 3.68. The third kappa shape index (κ3) is 5.17. The number of imide groups is 1. The molecule has 1 aromatic rings. The maximum Gasteiger partial charge on any atom is 0.261 e. The Morgan fingerprint density at radius 2 is 1.71 bits per heavy atom. The summed E-state index contributed by atoms with van der Waals surface area (Å²) in [4.78, 5) is 42.0. The van der Waals surface area contributed by atoms with Crippen LogP contribution in [0.15, 0.2) is 18.2 Å². The summed E-state index contributed by atoms with van der Waals surface area (Å²) >= 11 is 0. The lowest BCUT2D eigenvalue weighted by molar-refractivity contribution is -0.135. The van der Waals surface area contributed by atoms with Gasteiger partial charge in [0.25, 0.3) is 11.8 Å². The van der Waals surface area contributed by atoms with Crippen molar-refractivity contribution in [2.45, 2.75) is 90.8 Å². The standard InChI is InChI=1S/C25H37N3O3/c1-7-8-12-27(18-15-24(3,4)26-25(5,6)16-18)21(29)11-13-28-22(30)19-10-9-17(2)14-20(19)23(28)31/h9-10,14,18,26H,7-8,11-13,15-16H2,1-6H3. The molecule has 0 unspecified atom stereocenters. The Balaban J connectivity index is 1.72. The first kappa shape index (κ1) is 23.5. The van der Waals surface area contributed by atoms with Gasteiger partial charge in [-0.2, -0.15) is 0 Å².